The van der Waals surface area contributed by atoms with Crippen LogP contribution in [0, 0.1) is 0 Å². The van der Waals surface area contributed by atoms with Crippen molar-refractivity contribution >= 4 is 23.4 Å². The number of carbonyl (C=O) groups is 1. The molecule has 8 heteroatoms. The second-order valence-electron chi connectivity index (χ2n) is 4.12. The molecular formula is C12H16N6OS. The minimum Gasteiger partial charge on any atom is -0.323 e. The maximum atomic E-state index is 11.8. The number of rotatable bonds is 6. The number of nitrogens with zero attached hydrogens (tertiary/aromatic N) is 4. The predicted octanol–water partition coefficient (Wildman–Crippen LogP) is 0.681. The number of thioether (sulfide) groups is 1. The number of pyridine rings is 1. The molecule has 0 saturated carbocycles. The molecule has 2 aromatic heterocycles. The molecule has 1 amide bonds. The van der Waals surface area contributed by atoms with Crippen LogP contribution in [0.2, 0.25) is 0 Å². The van der Waals surface area contributed by atoms with Gasteiger partial charge in [-0.05, 0) is 30.6 Å². The van der Waals surface area contributed by atoms with Gasteiger partial charge in [0.25, 0.3) is 0 Å². The van der Waals surface area contributed by atoms with Crippen LogP contribution in [0.4, 0.5) is 5.69 Å². The second-order valence-corrected chi connectivity index (χ2v) is 5.11. The fourth-order valence-electron chi connectivity index (χ4n) is 1.53. The highest BCUT2D eigenvalue weighted by molar-refractivity contribution is 7.98. The van der Waals surface area contributed by atoms with Crippen molar-refractivity contribution in [2.75, 3.05) is 17.3 Å². The Morgan fingerprint density at radius 1 is 1.55 bits per heavy atom. The number of nitrogens with two attached hydrogens (primary N) is 1. The molecule has 106 valence electrons. The lowest BCUT2D eigenvalue weighted by atomic mass is 10.2. The van der Waals surface area contributed by atoms with E-state index >= 15 is 0 Å². The van der Waals surface area contributed by atoms with E-state index in [0.29, 0.717) is 17.9 Å². The predicted molar refractivity (Wildman–Crippen MR) is 78.8 cm³/mol. The Labute approximate surface area is 121 Å². The van der Waals surface area contributed by atoms with E-state index in [1.54, 1.807) is 36.4 Å². The third-order valence-electron chi connectivity index (χ3n) is 2.64. The zero-order valence-electron chi connectivity index (χ0n) is 11.1. The molecular weight excluding hydrogens is 276 g/mol. The maximum absolute atomic E-state index is 11.8. The van der Waals surface area contributed by atoms with E-state index in [1.807, 2.05) is 6.26 Å². The molecule has 0 bridgehead atoms. The Morgan fingerprint density at radius 2 is 2.40 bits per heavy atom. The number of carbonyl (C=O) groups excluding carboxylic acids is 1. The van der Waals surface area contributed by atoms with Gasteiger partial charge in [0, 0.05) is 0 Å². The number of aromatic nitrogens is 4. The molecule has 0 aromatic carbocycles. The van der Waals surface area contributed by atoms with Crippen LogP contribution >= 0.6 is 11.8 Å². The third-order valence-corrected chi connectivity index (χ3v) is 3.28. The van der Waals surface area contributed by atoms with Gasteiger partial charge in [-0.2, -0.15) is 16.9 Å². The molecule has 0 fully saturated rings. The van der Waals surface area contributed by atoms with Gasteiger partial charge in [-0.25, -0.2) is 14.6 Å². The summed E-state index contributed by atoms with van der Waals surface area (Å²) in [5.41, 5.74) is 6.40. The molecule has 3 N–H and O–H groups in total. The van der Waals surface area contributed by atoms with Crippen molar-refractivity contribution in [1.82, 2.24) is 19.7 Å². The molecule has 7 nitrogen and oxygen atoms in total. The number of hydrogen-bond donors (Lipinski definition) is 2. The fraction of sp³-hybridized carbons (Fsp3) is 0.333. The lowest BCUT2D eigenvalue weighted by Gasteiger charge is -2.11. The van der Waals surface area contributed by atoms with Crippen molar-refractivity contribution in [3.8, 4) is 5.82 Å². The van der Waals surface area contributed by atoms with Gasteiger partial charge in [0.1, 0.15) is 12.7 Å². The minimum atomic E-state index is -0.502. The lowest BCUT2D eigenvalue weighted by molar-refractivity contribution is -0.117. The standard InChI is InChI=1S/C12H16N6OS/c1-20-5-4-10(13)12(19)17-9-2-3-11(15-6-9)18-8-14-7-16-18/h2-3,6-8,10H,4-5,13H2,1H3,(H,17,19)/t10-/m1/s1. The molecule has 1 atom stereocenters. The SMILES string of the molecule is CSCC[C@@H](N)C(=O)Nc1ccc(-n2cncn2)nc1. The van der Waals surface area contributed by atoms with Gasteiger partial charge < -0.3 is 11.1 Å². The first kappa shape index (κ1) is 14.5. The summed E-state index contributed by atoms with van der Waals surface area (Å²) in [4.78, 5) is 19.9. The Bertz CT molecular complexity index is 542. The first-order chi connectivity index (χ1) is 9.70. The van der Waals surface area contributed by atoms with Crippen LogP contribution in [0.25, 0.3) is 5.82 Å². The summed E-state index contributed by atoms with van der Waals surface area (Å²) >= 11 is 1.67. The minimum absolute atomic E-state index is 0.200. The number of hydrogen-bond acceptors (Lipinski definition) is 6. The van der Waals surface area contributed by atoms with Gasteiger partial charge in [-0.15, -0.1) is 0 Å². The summed E-state index contributed by atoms with van der Waals surface area (Å²) in [5, 5.41) is 6.71. The zero-order valence-corrected chi connectivity index (χ0v) is 11.9. The molecule has 0 saturated heterocycles. The summed E-state index contributed by atoms with van der Waals surface area (Å²) in [6.45, 7) is 0. The van der Waals surface area contributed by atoms with Crippen LogP contribution in [0.5, 0.6) is 0 Å². The highest BCUT2D eigenvalue weighted by Gasteiger charge is 2.13. The van der Waals surface area contributed by atoms with Crippen molar-refractivity contribution in [2.24, 2.45) is 5.73 Å². The first-order valence-electron chi connectivity index (χ1n) is 6.07. The fourth-order valence-corrected chi connectivity index (χ4v) is 2.02. The Morgan fingerprint density at radius 3 is 3.00 bits per heavy atom. The first-order valence-corrected chi connectivity index (χ1v) is 7.46. The quantitative estimate of drug-likeness (QED) is 0.812. The van der Waals surface area contributed by atoms with E-state index in [1.165, 1.54) is 11.0 Å². The van der Waals surface area contributed by atoms with Crippen LogP contribution < -0.4 is 11.1 Å². The molecule has 0 aliphatic carbocycles. The van der Waals surface area contributed by atoms with Crippen LogP contribution in [0.3, 0.4) is 0 Å². The van der Waals surface area contributed by atoms with Crippen molar-refractivity contribution in [1.29, 1.82) is 0 Å². The Hall–Kier alpha value is -1.93. The Kier molecular flexibility index (Phi) is 5.08. The third kappa shape index (κ3) is 3.78. The highest BCUT2D eigenvalue weighted by atomic mass is 32.2. The normalized spacial score (nSPS) is 12.1. The van der Waals surface area contributed by atoms with Gasteiger partial charge in [0.15, 0.2) is 5.82 Å². The maximum Gasteiger partial charge on any atom is 0.241 e. The molecule has 0 aliphatic rings. The van der Waals surface area contributed by atoms with Crippen LogP contribution in [0.1, 0.15) is 6.42 Å². The molecule has 2 heterocycles. The van der Waals surface area contributed by atoms with Crippen molar-refractivity contribution in [3.05, 3.63) is 31.0 Å². The number of amides is 1. The summed E-state index contributed by atoms with van der Waals surface area (Å²) in [6.07, 6.45) is 7.19. The largest absolute Gasteiger partial charge is 0.323 e. The summed E-state index contributed by atoms with van der Waals surface area (Å²) in [5.74, 6) is 1.29. The average molecular weight is 292 g/mol. The van der Waals surface area contributed by atoms with Crippen molar-refractivity contribution in [2.45, 2.75) is 12.5 Å². The monoisotopic (exact) mass is 292 g/mol. The topological polar surface area (TPSA) is 98.7 Å². The molecule has 0 unspecified atom stereocenters. The van der Waals surface area contributed by atoms with E-state index in [4.69, 9.17) is 5.73 Å². The van der Waals surface area contributed by atoms with Crippen molar-refractivity contribution in [3.63, 3.8) is 0 Å². The molecule has 0 aliphatic heterocycles. The van der Waals surface area contributed by atoms with E-state index in [9.17, 15) is 4.79 Å². The molecule has 2 rings (SSSR count). The van der Waals surface area contributed by atoms with Crippen molar-refractivity contribution < 1.29 is 4.79 Å². The highest BCUT2D eigenvalue weighted by Crippen LogP contribution is 2.09. The average Bonchev–Trinajstić information content (AvgIpc) is 2.99. The zero-order chi connectivity index (χ0) is 14.4. The van der Waals surface area contributed by atoms with E-state index < -0.39 is 6.04 Å². The van der Waals surface area contributed by atoms with Crippen LogP contribution in [-0.4, -0.2) is 43.7 Å². The summed E-state index contributed by atoms with van der Waals surface area (Å²) in [6, 6.07) is 3.00. The second kappa shape index (κ2) is 7.01. The van der Waals surface area contributed by atoms with Gasteiger partial charge >= 0.3 is 0 Å². The number of anilines is 1. The van der Waals surface area contributed by atoms with Crippen LogP contribution in [0.15, 0.2) is 31.0 Å². The molecule has 2 aromatic rings. The van der Waals surface area contributed by atoms with E-state index in [0.717, 1.165) is 5.75 Å². The summed E-state index contributed by atoms with van der Waals surface area (Å²) in [7, 11) is 0. The molecule has 0 radical (unpaired) electrons. The van der Waals surface area contributed by atoms with E-state index in [-0.39, 0.29) is 5.91 Å². The molecule has 20 heavy (non-hydrogen) atoms. The van der Waals surface area contributed by atoms with Gasteiger partial charge in [0.05, 0.1) is 17.9 Å². The smallest absolute Gasteiger partial charge is 0.241 e. The van der Waals surface area contributed by atoms with Crippen LogP contribution in [-0.2, 0) is 4.79 Å². The van der Waals surface area contributed by atoms with E-state index in [2.05, 4.69) is 20.4 Å². The summed E-state index contributed by atoms with van der Waals surface area (Å²) < 4.78 is 1.54. The van der Waals surface area contributed by atoms with Gasteiger partial charge in [0.2, 0.25) is 5.91 Å². The Balaban J connectivity index is 1.95. The van der Waals surface area contributed by atoms with Gasteiger partial charge in [-0.1, -0.05) is 0 Å². The number of nitrogens with one attached hydrogen (secondary N) is 1. The van der Waals surface area contributed by atoms with Gasteiger partial charge in [-0.3, -0.25) is 4.79 Å². The lowest BCUT2D eigenvalue weighted by Crippen LogP contribution is -2.36. The molecule has 0 spiro atoms.